The summed E-state index contributed by atoms with van der Waals surface area (Å²) in [5.41, 5.74) is 11.6. The highest BCUT2D eigenvalue weighted by Gasteiger charge is 2.16. The van der Waals surface area contributed by atoms with Crippen molar-refractivity contribution in [3.05, 3.63) is 213 Å². The van der Waals surface area contributed by atoms with Crippen LogP contribution in [-0.4, -0.2) is 15.0 Å². The molecule has 9 aromatic carbocycles. The van der Waals surface area contributed by atoms with E-state index in [1.807, 2.05) is 18.3 Å². The molecule has 11 aromatic rings. The van der Waals surface area contributed by atoms with Crippen molar-refractivity contribution < 1.29 is 0 Å². The van der Waals surface area contributed by atoms with Gasteiger partial charge < -0.3 is 0 Å². The first-order chi connectivity index (χ1) is 28.7. The van der Waals surface area contributed by atoms with Crippen molar-refractivity contribution in [1.29, 1.82) is 0 Å². The zero-order valence-electron chi connectivity index (χ0n) is 31.5. The van der Waals surface area contributed by atoms with Gasteiger partial charge in [0.25, 0.3) is 0 Å². The van der Waals surface area contributed by atoms with Crippen molar-refractivity contribution in [2.24, 2.45) is 0 Å². The van der Waals surface area contributed by atoms with Crippen LogP contribution in [0.1, 0.15) is 0 Å². The summed E-state index contributed by atoms with van der Waals surface area (Å²) in [6, 6.07) is 71.4. The first-order valence-electron chi connectivity index (χ1n) is 19.7. The Morgan fingerprint density at radius 2 is 0.776 bits per heavy atom. The third kappa shape index (κ3) is 5.89. The Kier molecular flexibility index (Phi) is 8.15. The van der Waals surface area contributed by atoms with Gasteiger partial charge in [-0.25, -0.2) is 9.97 Å². The molecular weight excluding hydrogens is 703 g/mol. The molecule has 0 aliphatic carbocycles. The maximum atomic E-state index is 5.23. The van der Waals surface area contributed by atoms with Gasteiger partial charge in [-0.15, -0.1) is 0 Å². The third-order valence-corrected chi connectivity index (χ3v) is 11.4. The number of aromatic nitrogens is 3. The van der Waals surface area contributed by atoms with Crippen LogP contribution in [0.5, 0.6) is 0 Å². The molecule has 0 unspecified atom stereocenters. The predicted octanol–water partition coefficient (Wildman–Crippen LogP) is 14.5. The summed E-state index contributed by atoms with van der Waals surface area (Å²) in [7, 11) is 0. The molecule has 58 heavy (non-hydrogen) atoms. The fourth-order valence-electron chi connectivity index (χ4n) is 8.53. The van der Waals surface area contributed by atoms with E-state index in [2.05, 4.69) is 193 Å². The van der Waals surface area contributed by atoms with Gasteiger partial charge in [-0.1, -0.05) is 176 Å². The van der Waals surface area contributed by atoms with Crippen LogP contribution >= 0.6 is 0 Å². The molecule has 0 atom stereocenters. The highest BCUT2D eigenvalue weighted by atomic mass is 14.9. The Morgan fingerprint density at radius 1 is 0.276 bits per heavy atom. The number of fused-ring (bicyclic) bond motifs is 8. The summed E-state index contributed by atoms with van der Waals surface area (Å²) in [5.74, 6) is 0.679. The van der Waals surface area contributed by atoms with Gasteiger partial charge >= 0.3 is 0 Å². The van der Waals surface area contributed by atoms with Gasteiger partial charge in [-0.3, -0.25) is 4.98 Å². The minimum absolute atomic E-state index is 0.679. The molecule has 3 heteroatoms. The molecule has 0 aliphatic rings. The quantitative estimate of drug-likeness (QED) is 0.160. The van der Waals surface area contributed by atoms with E-state index in [1.54, 1.807) is 6.20 Å². The fourth-order valence-corrected chi connectivity index (χ4v) is 8.53. The summed E-state index contributed by atoms with van der Waals surface area (Å²) in [6.45, 7) is 0. The Morgan fingerprint density at radius 3 is 1.48 bits per heavy atom. The van der Waals surface area contributed by atoms with Crippen LogP contribution in [0.25, 0.3) is 110 Å². The number of hydrogen-bond acceptors (Lipinski definition) is 3. The Bertz CT molecular complexity index is 3300. The number of rotatable bonds is 6. The smallest absolute Gasteiger partial charge is 0.160 e. The molecule has 11 rings (SSSR count). The van der Waals surface area contributed by atoms with E-state index < -0.39 is 0 Å². The number of hydrogen-bond donors (Lipinski definition) is 0. The fraction of sp³-hybridized carbons (Fsp3) is 0. The van der Waals surface area contributed by atoms with Crippen molar-refractivity contribution >= 4 is 43.1 Å². The molecule has 0 saturated carbocycles. The van der Waals surface area contributed by atoms with Crippen LogP contribution in [0, 0.1) is 0 Å². The highest BCUT2D eigenvalue weighted by molar-refractivity contribution is 6.33. The molecular formula is C55H35N3. The summed E-state index contributed by atoms with van der Waals surface area (Å²) in [5, 5.41) is 10.2. The first-order valence-corrected chi connectivity index (χ1v) is 19.7. The van der Waals surface area contributed by atoms with Gasteiger partial charge in [0.2, 0.25) is 0 Å². The van der Waals surface area contributed by atoms with Crippen LogP contribution in [0.15, 0.2) is 213 Å². The second-order valence-electron chi connectivity index (χ2n) is 14.8. The largest absolute Gasteiger partial charge is 0.264 e. The molecule has 2 aromatic heterocycles. The average Bonchev–Trinajstić information content (AvgIpc) is 3.32. The van der Waals surface area contributed by atoms with Crippen molar-refractivity contribution in [2.45, 2.75) is 0 Å². The van der Waals surface area contributed by atoms with Crippen LogP contribution in [0.3, 0.4) is 0 Å². The summed E-state index contributed by atoms with van der Waals surface area (Å²) in [4.78, 5) is 14.8. The molecule has 0 radical (unpaired) electrons. The lowest BCUT2D eigenvalue weighted by molar-refractivity contribution is 1.18. The molecule has 3 nitrogen and oxygen atoms in total. The summed E-state index contributed by atoms with van der Waals surface area (Å²) in [6.07, 6.45) is 3.70. The molecule has 0 spiro atoms. The second-order valence-corrected chi connectivity index (χ2v) is 14.8. The second kappa shape index (κ2) is 14.1. The molecule has 0 amide bonds. The monoisotopic (exact) mass is 737 g/mol. The van der Waals surface area contributed by atoms with Crippen LogP contribution in [0.4, 0.5) is 0 Å². The predicted molar refractivity (Wildman–Crippen MR) is 242 cm³/mol. The van der Waals surface area contributed by atoms with Crippen molar-refractivity contribution in [2.75, 3.05) is 0 Å². The standard InChI is InChI=1S/C55H35N3/c1-2-12-36(13-3-1)37-23-27-39(28-24-37)52-34-53(42-15-10-14-41(32-42)43-16-11-31-56-35-43)58-55(57-52)40-29-25-38(26-30-40)50-33-51-46-19-5-4-17-44(46)45-18-6-8-21-48(45)54(51)49-22-9-7-20-47(49)50/h1-35H. The summed E-state index contributed by atoms with van der Waals surface area (Å²) < 4.78 is 0. The van der Waals surface area contributed by atoms with Gasteiger partial charge in [0.1, 0.15) is 0 Å². The lowest BCUT2D eigenvalue weighted by Crippen LogP contribution is -1.96. The first kappa shape index (κ1) is 33.6. The average molecular weight is 738 g/mol. The minimum Gasteiger partial charge on any atom is -0.264 e. The molecule has 2 heterocycles. The zero-order chi connectivity index (χ0) is 38.4. The van der Waals surface area contributed by atoms with E-state index >= 15 is 0 Å². The molecule has 270 valence electrons. The Hall–Kier alpha value is -7.75. The number of benzene rings is 9. The lowest BCUT2D eigenvalue weighted by Gasteiger charge is -2.16. The maximum Gasteiger partial charge on any atom is 0.160 e. The van der Waals surface area contributed by atoms with Crippen LogP contribution < -0.4 is 0 Å². The topological polar surface area (TPSA) is 38.7 Å². The SMILES string of the molecule is c1ccc(-c2ccc(-c3cc(-c4cccc(-c5cccnc5)c4)nc(-c4ccc(-c5cc6c7ccccc7c7ccccc7c6c6ccccc56)cc4)n3)cc2)cc1. The maximum absolute atomic E-state index is 5.23. The van der Waals surface area contributed by atoms with Gasteiger partial charge in [-0.05, 0) is 95.2 Å². The molecule has 0 N–H and O–H groups in total. The van der Waals surface area contributed by atoms with Crippen LogP contribution in [0.2, 0.25) is 0 Å². The zero-order valence-corrected chi connectivity index (χ0v) is 31.5. The molecule has 0 fully saturated rings. The molecule has 0 bridgehead atoms. The number of pyridine rings is 1. The van der Waals surface area contributed by atoms with E-state index in [-0.39, 0.29) is 0 Å². The summed E-state index contributed by atoms with van der Waals surface area (Å²) >= 11 is 0. The third-order valence-electron chi connectivity index (χ3n) is 11.4. The van der Waals surface area contributed by atoms with E-state index in [1.165, 1.54) is 59.8 Å². The minimum atomic E-state index is 0.679. The molecule has 0 saturated heterocycles. The highest BCUT2D eigenvalue weighted by Crippen LogP contribution is 2.43. The van der Waals surface area contributed by atoms with Crippen molar-refractivity contribution in [3.63, 3.8) is 0 Å². The van der Waals surface area contributed by atoms with Crippen LogP contribution in [-0.2, 0) is 0 Å². The van der Waals surface area contributed by atoms with Gasteiger partial charge in [0.15, 0.2) is 5.82 Å². The van der Waals surface area contributed by atoms with E-state index in [0.717, 1.165) is 44.8 Å². The normalized spacial score (nSPS) is 11.4. The van der Waals surface area contributed by atoms with Gasteiger partial charge in [0.05, 0.1) is 11.4 Å². The van der Waals surface area contributed by atoms with Crippen molar-refractivity contribution in [3.8, 4) is 67.3 Å². The van der Waals surface area contributed by atoms with E-state index in [0.29, 0.717) is 5.82 Å². The number of nitrogens with zero attached hydrogens (tertiary/aromatic N) is 3. The van der Waals surface area contributed by atoms with Gasteiger partial charge in [-0.2, -0.15) is 0 Å². The molecule has 0 aliphatic heterocycles. The Labute approximate surface area is 336 Å². The van der Waals surface area contributed by atoms with Crippen molar-refractivity contribution in [1.82, 2.24) is 15.0 Å². The lowest BCUT2D eigenvalue weighted by atomic mass is 9.87. The Balaban J connectivity index is 1.05. The van der Waals surface area contributed by atoms with E-state index in [4.69, 9.17) is 9.97 Å². The van der Waals surface area contributed by atoms with E-state index in [9.17, 15) is 0 Å². The van der Waals surface area contributed by atoms with Gasteiger partial charge in [0, 0.05) is 34.6 Å².